The fourth-order valence-corrected chi connectivity index (χ4v) is 0.437. The van der Waals surface area contributed by atoms with E-state index in [0.717, 1.165) is 6.42 Å². The van der Waals surface area contributed by atoms with Gasteiger partial charge in [-0.3, -0.25) is 4.79 Å². The van der Waals surface area contributed by atoms with E-state index in [1.54, 1.807) is 0 Å². The summed E-state index contributed by atoms with van der Waals surface area (Å²) in [6, 6.07) is 0. The van der Waals surface area contributed by atoms with Gasteiger partial charge in [-0.2, -0.15) is 0 Å². The zero-order chi connectivity index (χ0) is 6.41. The fraction of sp³-hybridized carbons (Fsp3) is 0.833. The van der Waals surface area contributed by atoms with E-state index in [0.29, 0.717) is 13.0 Å². The standard InChI is InChI=1S/C6H12O2.Li.H/c1-3-5-6(7)8-4-2;;/h3-5H2,1-2H3;;. The molecule has 3 heteroatoms. The van der Waals surface area contributed by atoms with Crippen molar-refractivity contribution in [3.63, 3.8) is 0 Å². The molecule has 0 saturated heterocycles. The van der Waals surface area contributed by atoms with Gasteiger partial charge in [-0.25, -0.2) is 0 Å². The monoisotopic (exact) mass is 124 g/mol. The molecule has 0 bridgehead atoms. The van der Waals surface area contributed by atoms with E-state index in [9.17, 15) is 4.79 Å². The van der Waals surface area contributed by atoms with Gasteiger partial charge < -0.3 is 4.74 Å². The van der Waals surface area contributed by atoms with Crippen molar-refractivity contribution in [2.75, 3.05) is 6.61 Å². The number of hydrogen-bond acceptors (Lipinski definition) is 2. The quantitative estimate of drug-likeness (QED) is 0.409. The Balaban J connectivity index is 0. The summed E-state index contributed by atoms with van der Waals surface area (Å²) >= 11 is 0. The third kappa shape index (κ3) is 8.07. The fourth-order valence-electron chi connectivity index (χ4n) is 0.437. The maximum atomic E-state index is 10.4. The van der Waals surface area contributed by atoms with Crippen LogP contribution >= 0.6 is 0 Å². The molecule has 0 atom stereocenters. The second-order valence-electron chi connectivity index (χ2n) is 1.56. The van der Waals surface area contributed by atoms with Crippen LogP contribution in [0.4, 0.5) is 0 Å². The van der Waals surface area contributed by atoms with Crippen molar-refractivity contribution in [1.82, 2.24) is 0 Å². The first-order valence-corrected chi connectivity index (χ1v) is 2.96. The number of carbonyl (C=O) groups excluding carboxylic acids is 1. The average Bonchev–Trinajstić information content (AvgIpc) is 1.68. The number of hydrogen-bond donors (Lipinski definition) is 0. The van der Waals surface area contributed by atoms with Crippen LogP contribution in [0.15, 0.2) is 0 Å². The third-order valence-electron chi connectivity index (χ3n) is 0.759. The van der Waals surface area contributed by atoms with Crippen molar-refractivity contribution < 1.29 is 9.53 Å². The van der Waals surface area contributed by atoms with Crippen molar-refractivity contribution in [2.24, 2.45) is 0 Å². The molecular formula is C6H13LiO2. The predicted octanol–water partition coefficient (Wildman–Crippen LogP) is 0.701. The topological polar surface area (TPSA) is 26.3 Å². The zero-order valence-corrected chi connectivity index (χ0v) is 5.44. The Morgan fingerprint density at radius 2 is 2.00 bits per heavy atom. The molecule has 0 aliphatic rings. The summed E-state index contributed by atoms with van der Waals surface area (Å²) in [5.41, 5.74) is 0. The maximum absolute atomic E-state index is 10.4. The molecule has 0 aliphatic heterocycles. The van der Waals surface area contributed by atoms with Crippen molar-refractivity contribution >= 4 is 24.8 Å². The molecule has 0 fully saturated rings. The molecule has 0 saturated carbocycles. The Labute approximate surface area is 68.1 Å². The van der Waals surface area contributed by atoms with Gasteiger partial charge in [0.2, 0.25) is 0 Å². The van der Waals surface area contributed by atoms with E-state index in [1.165, 1.54) is 0 Å². The zero-order valence-electron chi connectivity index (χ0n) is 5.44. The van der Waals surface area contributed by atoms with Gasteiger partial charge in [0.1, 0.15) is 0 Å². The van der Waals surface area contributed by atoms with Crippen LogP contribution in [0.2, 0.25) is 0 Å². The van der Waals surface area contributed by atoms with Crippen LogP contribution in [0, 0.1) is 0 Å². The molecule has 0 aromatic heterocycles. The van der Waals surface area contributed by atoms with Gasteiger partial charge in [-0.15, -0.1) is 0 Å². The van der Waals surface area contributed by atoms with Crippen LogP contribution in [0.1, 0.15) is 26.7 Å². The third-order valence-corrected chi connectivity index (χ3v) is 0.759. The molecule has 0 heterocycles. The molecule has 0 aromatic carbocycles. The molecule has 0 aromatic rings. The Hall–Kier alpha value is 0.0674. The summed E-state index contributed by atoms with van der Waals surface area (Å²) in [5.74, 6) is -0.0880. The van der Waals surface area contributed by atoms with E-state index in [4.69, 9.17) is 0 Å². The van der Waals surface area contributed by atoms with E-state index < -0.39 is 0 Å². The van der Waals surface area contributed by atoms with E-state index in [2.05, 4.69) is 4.74 Å². The molecule has 9 heavy (non-hydrogen) atoms. The molecule has 0 N–H and O–H groups in total. The molecular weight excluding hydrogens is 111 g/mol. The van der Waals surface area contributed by atoms with Crippen molar-refractivity contribution in [3.05, 3.63) is 0 Å². The van der Waals surface area contributed by atoms with E-state index >= 15 is 0 Å². The Morgan fingerprint density at radius 3 is 2.33 bits per heavy atom. The average molecular weight is 124 g/mol. The van der Waals surface area contributed by atoms with E-state index in [-0.39, 0.29) is 24.8 Å². The minimum atomic E-state index is -0.0880. The van der Waals surface area contributed by atoms with Crippen molar-refractivity contribution in [1.29, 1.82) is 0 Å². The molecule has 0 amide bonds. The van der Waals surface area contributed by atoms with Crippen molar-refractivity contribution in [3.8, 4) is 0 Å². The first kappa shape index (κ1) is 11.8. The van der Waals surface area contributed by atoms with Crippen LogP contribution in [0.5, 0.6) is 0 Å². The molecule has 0 spiro atoms. The first-order chi connectivity index (χ1) is 3.81. The minimum absolute atomic E-state index is 0. The summed E-state index contributed by atoms with van der Waals surface area (Å²) in [7, 11) is 0. The summed E-state index contributed by atoms with van der Waals surface area (Å²) in [5, 5.41) is 0. The SMILES string of the molecule is CCCC(=O)OCC.[LiH]. The molecule has 0 radical (unpaired) electrons. The van der Waals surface area contributed by atoms with Gasteiger partial charge in [0.25, 0.3) is 0 Å². The molecule has 2 nitrogen and oxygen atoms in total. The van der Waals surface area contributed by atoms with Gasteiger partial charge in [-0.1, -0.05) is 6.92 Å². The number of ether oxygens (including phenoxy) is 1. The van der Waals surface area contributed by atoms with Crippen LogP contribution in [-0.2, 0) is 9.53 Å². The second kappa shape index (κ2) is 8.07. The van der Waals surface area contributed by atoms with Gasteiger partial charge in [-0.05, 0) is 13.3 Å². The number of esters is 1. The summed E-state index contributed by atoms with van der Waals surface area (Å²) < 4.78 is 4.64. The molecule has 0 unspecified atom stereocenters. The summed E-state index contributed by atoms with van der Waals surface area (Å²) in [4.78, 5) is 10.4. The molecule has 0 rings (SSSR count). The Bertz CT molecular complexity index is 65.5. The normalized spacial score (nSPS) is 7.78. The van der Waals surface area contributed by atoms with Gasteiger partial charge in [0.05, 0.1) is 6.61 Å². The van der Waals surface area contributed by atoms with Crippen molar-refractivity contribution in [2.45, 2.75) is 26.7 Å². The van der Waals surface area contributed by atoms with Crippen LogP contribution in [0.3, 0.4) is 0 Å². The van der Waals surface area contributed by atoms with Crippen LogP contribution in [0.25, 0.3) is 0 Å². The Morgan fingerprint density at radius 1 is 1.44 bits per heavy atom. The van der Waals surface area contributed by atoms with Crippen LogP contribution in [-0.4, -0.2) is 31.4 Å². The molecule has 50 valence electrons. The van der Waals surface area contributed by atoms with Gasteiger partial charge in [0, 0.05) is 6.42 Å². The molecule has 0 aliphatic carbocycles. The number of rotatable bonds is 3. The second-order valence-corrected chi connectivity index (χ2v) is 1.56. The summed E-state index contributed by atoms with van der Waals surface area (Å²) in [6.07, 6.45) is 1.42. The van der Waals surface area contributed by atoms with E-state index in [1.807, 2.05) is 13.8 Å². The summed E-state index contributed by atoms with van der Waals surface area (Å²) in [6.45, 7) is 4.27. The van der Waals surface area contributed by atoms with Gasteiger partial charge >= 0.3 is 24.8 Å². The Kier molecular flexibility index (Phi) is 10.6. The predicted molar refractivity (Wildman–Crippen MR) is 38.7 cm³/mol. The first-order valence-electron chi connectivity index (χ1n) is 2.96. The van der Waals surface area contributed by atoms with Crippen LogP contribution < -0.4 is 0 Å². The van der Waals surface area contributed by atoms with Gasteiger partial charge in [0.15, 0.2) is 0 Å². The number of carbonyl (C=O) groups is 1.